The lowest BCUT2D eigenvalue weighted by atomic mass is 9.85. The summed E-state index contributed by atoms with van der Waals surface area (Å²) in [6.07, 6.45) is 0. The predicted octanol–water partition coefficient (Wildman–Crippen LogP) is 13.3. The Morgan fingerprint density at radius 1 is 0.241 bits per heavy atom. The summed E-state index contributed by atoms with van der Waals surface area (Å²) in [4.78, 5) is 16.0. The fourth-order valence-corrected chi connectivity index (χ4v) is 7.82. The van der Waals surface area contributed by atoms with Gasteiger partial charge < -0.3 is 0 Å². The van der Waals surface area contributed by atoms with Gasteiger partial charge in [-0.15, -0.1) is 0 Å². The molecule has 0 atom stereocenters. The van der Waals surface area contributed by atoms with Gasteiger partial charge in [-0.1, -0.05) is 200 Å². The van der Waals surface area contributed by atoms with E-state index in [9.17, 15) is 0 Å². The van der Waals surface area contributed by atoms with E-state index in [-0.39, 0.29) is 0 Å². The van der Waals surface area contributed by atoms with E-state index in [2.05, 4.69) is 188 Å². The van der Waals surface area contributed by atoms with Crippen molar-refractivity contribution in [2.75, 3.05) is 0 Å². The Morgan fingerprint density at radius 2 is 0.722 bits per heavy atom. The molecule has 0 radical (unpaired) electrons. The van der Waals surface area contributed by atoms with Gasteiger partial charge in [0.25, 0.3) is 0 Å². The van der Waals surface area contributed by atoms with Gasteiger partial charge in [0.15, 0.2) is 17.5 Å². The van der Waals surface area contributed by atoms with Crippen LogP contribution in [-0.4, -0.2) is 15.0 Å². The minimum Gasteiger partial charge on any atom is -0.208 e. The minimum atomic E-state index is 0.627. The zero-order chi connectivity index (χ0) is 35.8. The molecular weight excluding hydrogens is 655 g/mol. The topological polar surface area (TPSA) is 38.7 Å². The number of rotatable bonds is 6. The van der Waals surface area contributed by atoms with Gasteiger partial charge in [-0.05, 0) is 65.7 Å². The SMILES string of the molecule is c1ccc(-c2ccc(-c3nc(-c4ccccc4-c4ccccc4)nc(-c4c5ccccc5c(-c5ccccc5)c5c4ccc4ccccc45)n3)cc2)cc1. The molecule has 0 saturated heterocycles. The van der Waals surface area contributed by atoms with Gasteiger partial charge >= 0.3 is 0 Å². The molecule has 9 aromatic carbocycles. The molecule has 3 heteroatoms. The Morgan fingerprint density at radius 3 is 1.43 bits per heavy atom. The predicted molar refractivity (Wildman–Crippen MR) is 225 cm³/mol. The van der Waals surface area contributed by atoms with Gasteiger partial charge in [0.1, 0.15) is 0 Å². The van der Waals surface area contributed by atoms with Crippen LogP contribution < -0.4 is 0 Å². The lowest BCUT2D eigenvalue weighted by Crippen LogP contribution is -2.02. The highest BCUT2D eigenvalue weighted by molar-refractivity contribution is 6.27. The van der Waals surface area contributed by atoms with Crippen LogP contribution in [0.4, 0.5) is 0 Å². The van der Waals surface area contributed by atoms with Crippen molar-refractivity contribution >= 4 is 32.3 Å². The van der Waals surface area contributed by atoms with Crippen LogP contribution >= 0.6 is 0 Å². The smallest absolute Gasteiger partial charge is 0.165 e. The summed E-state index contributed by atoms with van der Waals surface area (Å²) >= 11 is 0. The van der Waals surface area contributed by atoms with E-state index in [4.69, 9.17) is 15.0 Å². The van der Waals surface area contributed by atoms with Crippen molar-refractivity contribution in [2.24, 2.45) is 0 Å². The number of aromatic nitrogens is 3. The van der Waals surface area contributed by atoms with E-state index >= 15 is 0 Å². The van der Waals surface area contributed by atoms with Crippen molar-refractivity contribution in [3.63, 3.8) is 0 Å². The molecule has 0 N–H and O–H groups in total. The van der Waals surface area contributed by atoms with Gasteiger partial charge in [-0.3, -0.25) is 0 Å². The lowest BCUT2D eigenvalue weighted by molar-refractivity contribution is 1.08. The summed E-state index contributed by atoms with van der Waals surface area (Å²) in [5.74, 6) is 1.90. The van der Waals surface area contributed by atoms with Gasteiger partial charge in [0.2, 0.25) is 0 Å². The average Bonchev–Trinajstić information content (AvgIpc) is 3.26. The molecule has 54 heavy (non-hydrogen) atoms. The fourth-order valence-electron chi connectivity index (χ4n) is 7.82. The molecule has 3 nitrogen and oxygen atoms in total. The number of hydrogen-bond donors (Lipinski definition) is 0. The lowest BCUT2D eigenvalue weighted by Gasteiger charge is -2.19. The van der Waals surface area contributed by atoms with Crippen molar-refractivity contribution in [3.05, 3.63) is 200 Å². The maximum atomic E-state index is 5.41. The van der Waals surface area contributed by atoms with E-state index in [1.807, 2.05) is 12.1 Å². The molecule has 0 aliphatic heterocycles. The molecule has 10 rings (SSSR count). The molecule has 0 spiro atoms. The highest BCUT2D eigenvalue weighted by atomic mass is 15.0. The third kappa shape index (κ3) is 5.51. The first-order chi connectivity index (χ1) is 26.8. The minimum absolute atomic E-state index is 0.627. The molecule has 0 aliphatic rings. The van der Waals surface area contributed by atoms with E-state index < -0.39 is 0 Å². The van der Waals surface area contributed by atoms with Gasteiger partial charge in [-0.25, -0.2) is 15.0 Å². The summed E-state index contributed by atoms with van der Waals surface area (Å²) in [5.41, 5.74) is 9.75. The standard InChI is InChI=1S/C51H33N3/c1-4-16-34(17-5-1)35-28-30-39(31-29-35)49-52-50(44-27-15-12-23-40(44)36-18-6-2-7-19-36)54-51(53-49)48-43-26-14-13-25-42(43)46(38-21-8-3-9-22-38)47-41-24-11-10-20-37(41)32-33-45(47)48/h1-33H. The second-order valence-electron chi connectivity index (χ2n) is 13.5. The van der Waals surface area contributed by atoms with Crippen LogP contribution in [0.2, 0.25) is 0 Å². The third-order valence-corrected chi connectivity index (χ3v) is 10.3. The van der Waals surface area contributed by atoms with Gasteiger partial charge in [0, 0.05) is 16.7 Å². The Bertz CT molecular complexity index is 2960. The molecule has 0 fully saturated rings. The second kappa shape index (κ2) is 13.4. The molecule has 0 amide bonds. The Hall–Kier alpha value is -7.23. The highest BCUT2D eigenvalue weighted by Crippen LogP contribution is 2.46. The van der Waals surface area contributed by atoms with Gasteiger partial charge in [0.05, 0.1) is 0 Å². The summed E-state index contributed by atoms with van der Waals surface area (Å²) in [5, 5.41) is 6.93. The van der Waals surface area contributed by atoms with E-state index in [1.54, 1.807) is 0 Å². The first kappa shape index (κ1) is 31.5. The summed E-state index contributed by atoms with van der Waals surface area (Å²) in [7, 11) is 0. The molecule has 0 saturated carbocycles. The fraction of sp³-hybridized carbons (Fsp3) is 0. The van der Waals surface area contributed by atoms with E-state index in [1.165, 1.54) is 32.8 Å². The highest BCUT2D eigenvalue weighted by Gasteiger charge is 2.22. The van der Waals surface area contributed by atoms with Crippen molar-refractivity contribution in [3.8, 4) is 67.5 Å². The third-order valence-electron chi connectivity index (χ3n) is 10.3. The Balaban J connectivity index is 1.29. The Labute approximate surface area is 313 Å². The Kier molecular flexibility index (Phi) is 7.81. The number of hydrogen-bond acceptors (Lipinski definition) is 3. The zero-order valence-corrected chi connectivity index (χ0v) is 29.4. The molecule has 0 aliphatic carbocycles. The zero-order valence-electron chi connectivity index (χ0n) is 29.4. The van der Waals surface area contributed by atoms with Crippen LogP contribution in [0, 0.1) is 0 Å². The van der Waals surface area contributed by atoms with Crippen molar-refractivity contribution in [1.82, 2.24) is 15.0 Å². The largest absolute Gasteiger partial charge is 0.208 e. The van der Waals surface area contributed by atoms with Gasteiger partial charge in [-0.2, -0.15) is 0 Å². The summed E-state index contributed by atoms with van der Waals surface area (Å²) in [6, 6.07) is 70.4. The molecule has 0 unspecified atom stereocenters. The van der Waals surface area contributed by atoms with Crippen LogP contribution in [0.15, 0.2) is 200 Å². The number of nitrogens with zero attached hydrogens (tertiary/aromatic N) is 3. The van der Waals surface area contributed by atoms with E-state index in [0.29, 0.717) is 17.5 Å². The van der Waals surface area contributed by atoms with Crippen LogP contribution in [0.5, 0.6) is 0 Å². The maximum absolute atomic E-state index is 5.41. The molecule has 1 heterocycles. The van der Waals surface area contributed by atoms with E-state index in [0.717, 1.165) is 49.5 Å². The second-order valence-corrected chi connectivity index (χ2v) is 13.5. The normalized spacial score (nSPS) is 11.3. The molecule has 0 bridgehead atoms. The van der Waals surface area contributed by atoms with Crippen LogP contribution in [0.1, 0.15) is 0 Å². The van der Waals surface area contributed by atoms with Crippen LogP contribution in [0.25, 0.3) is 99.9 Å². The first-order valence-corrected chi connectivity index (χ1v) is 18.3. The molecular formula is C51H33N3. The summed E-state index contributed by atoms with van der Waals surface area (Å²) in [6.45, 7) is 0. The monoisotopic (exact) mass is 687 g/mol. The number of fused-ring (bicyclic) bond motifs is 4. The average molecular weight is 688 g/mol. The van der Waals surface area contributed by atoms with Crippen molar-refractivity contribution in [1.29, 1.82) is 0 Å². The first-order valence-electron chi connectivity index (χ1n) is 18.3. The summed E-state index contributed by atoms with van der Waals surface area (Å²) < 4.78 is 0. The molecule has 1 aromatic heterocycles. The maximum Gasteiger partial charge on any atom is 0.165 e. The van der Waals surface area contributed by atoms with Crippen LogP contribution in [-0.2, 0) is 0 Å². The van der Waals surface area contributed by atoms with Crippen molar-refractivity contribution < 1.29 is 0 Å². The molecule has 10 aromatic rings. The quantitative estimate of drug-likeness (QED) is 0.129. The van der Waals surface area contributed by atoms with Crippen LogP contribution in [0.3, 0.4) is 0 Å². The van der Waals surface area contributed by atoms with Crippen molar-refractivity contribution in [2.45, 2.75) is 0 Å². The molecule has 252 valence electrons. The number of benzene rings is 9.